The number of benzene rings is 1. The number of nitrogens with one attached hydrogen (secondary N) is 1. The van der Waals surface area contributed by atoms with Crippen LogP contribution >= 0.6 is 0 Å². The van der Waals surface area contributed by atoms with E-state index in [2.05, 4.69) is 20.4 Å². The van der Waals surface area contributed by atoms with Crippen molar-refractivity contribution >= 4 is 11.5 Å². The number of ether oxygens (including phenoxy) is 3. The molecule has 0 aliphatic heterocycles. The highest BCUT2D eigenvalue weighted by Crippen LogP contribution is 2.38. The van der Waals surface area contributed by atoms with Gasteiger partial charge >= 0.3 is 0 Å². The Morgan fingerprint density at radius 2 is 1.76 bits per heavy atom. The monoisotopic (exact) mass is 391 g/mol. The van der Waals surface area contributed by atoms with Gasteiger partial charge in [-0.05, 0) is 42.0 Å². The molecule has 3 aromatic heterocycles. The maximum atomic E-state index is 5.42. The summed E-state index contributed by atoms with van der Waals surface area (Å²) in [7, 11) is 4.79. The fourth-order valence-electron chi connectivity index (χ4n) is 3.11. The maximum Gasteiger partial charge on any atom is 0.203 e. The predicted molar refractivity (Wildman–Crippen MR) is 110 cm³/mol. The summed E-state index contributed by atoms with van der Waals surface area (Å²) >= 11 is 0. The van der Waals surface area contributed by atoms with Gasteiger partial charge in [0.15, 0.2) is 17.1 Å². The number of hydrogen-bond acceptors (Lipinski definition) is 7. The van der Waals surface area contributed by atoms with Gasteiger partial charge in [0, 0.05) is 24.5 Å². The van der Waals surface area contributed by atoms with Crippen LogP contribution in [0.25, 0.3) is 16.9 Å². The van der Waals surface area contributed by atoms with Crippen LogP contribution in [0.4, 0.5) is 5.82 Å². The summed E-state index contributed by atoms with van der Waals surface area (Å²) in [6.45, 7) is 0.534. The average Bonchev–Trinajstić information content (AvgIpc) is 3.20. The largest absolute Gasteiger partial charge is 0.493 e. The first-order valence-corrected chi connectivity index (χ1v) is 9.01. The number of methoxy groups -OCH3 is 3. The Morgan fingerprint density at radius 3 is 2.41 bits per heavy atom. The molecule has 8 heteroatoms. The van der Waals surface area contributed by atoms with Crippen molar-refractivity contribution in [3.8, 4) is 28.5 Å². The second-order valence-electron chi connectivity index (χ2n) is 6.26. The summed E-state index contributed by atoms with van der Waals surface area (Å²) in [6.07, 6.45) is 5.33. The van der Waals surface area contributed by atoms with Crippen LogP contribution in [0.15, 0.2) is 55.0 Å². The Bertz CT molecular complexity index is 1100. The van der Waals surface area contributed by atoms with E-state index in [1.54, 1.807) is 44.4 Å². The first kappa shape index (κ1) is 18.5. The van der Waals surface area contributed by atoms with Crippen LogP contribution < -0.4 is 19.5 Å². The third-order valence-electron chi connectivity index (χ3n) is 4.52. The fourth-order valence-corrected chi connectivity index (χ4v) is 3.11. The maximum absolute atomic E-state index is 5.42. The molecule has 0 fully saturated rings. The number of nitrogens with zero attached hydrogens (tertiary/aromatic N) is 4. The fraction of sp³-hybridized carbons (Fsp3) is 0.190. The van der Waals surface area contributed by atoms with Gasteiger partial charge in [-0.3, -0.25) is 4.98 Å². The van der Waals surface area contributed by atoms with Gasteiger partial charge in [-0.2, -0.15) is 0 Å². The Balaban J connectivity index is 1.61. The smallest absolute Gasteiger partial charge is 0.203 e. The molecule has 0 saturated carbocycles. The summed E-state index contributed by atoms with van der Waals surface area (Å²) in [6, 6.07) is 11.5. The number of pyridine rings is 1. The minimum absolute atomic E-state index is 0.534. The normalized spacial score (nSPS) is 10.7. The molecule has 3 heterocycles. The molecule has 29 heavy (non-hydrogen) atoms. The highest BCUT2D eigenvalue weighted by molar-refractivity contribution is 5.62. The Hall–Kier alpha value is -3.81. The summed E-state index contributed by atoms with van der Waals surface area (Å²) in [5, 5.41) is 8.01. The van der Waals surface area contributed by atoms with Gasteiger partial charge in [-0.1, -0.05) is 0 Å². The standard InChI is InChI=1S/C21H21N5O3/c1-27-17-9-14(10-18(28-2)21(17)29-3)11-23-19-6-7-20-24-13-16(26(20)25-19)15-5-4-8-22-12-15/h4-10,12-13H,11H2,1-3H3,(H,23,25). The van der Waals surface area contributed by atoms with E-state index in [0.29, 0.717) is 23.8 Å². The molecular formula is C21H21N5O3. The molecule has 0 unspecified atom stereocenters. The molecule has 0 radical (unpaired) electrons. The SMILES string of the molecule is COc1cc(CNc2ccc3ncc(-c4cccnc4)n3n2)cc(OC)c1OC. The van der Waals surface area contributed by atoms with Crippen LogP contribution in [0, 0.1) is 0 Å². The summed E-state index contributed by atoms with van der Waals surface area (Å²) in [4.78, 5) is 8.59. The minimum Gasteiger partial charge on any atom is -0.493 e. The van der Waals surface area contributed by atoms with Gasteiger partial charge in [0.1, 0.15) is 5.82 Å². The number of imidazole rings is 1. The van der Waals surface area contributed by atoms with Crippen LogP contribution in [-0.4, -0.2) is 40.9 Å². The lowest BCUT2D eigenvalue weighted by molar-refractivity contribution is 0.324. The van der Waals surface area contributed by atoms with Crippen LogP contribution in [0.2, 0.25) is 0 Å². The molecule has 0 spiro atoms. The first-order chi connectivity index (χ1) is 14.2. The van der Waals surface area contributed by atoms with Crippen LogP contribution in [-0.2, 0) is 6.54 Å². The third-order valence-corrected chi connectivity index (χ3v) is 4.52. The molecule has 0 amide bonds. The molecule has 0 aliphatic rings. The second-order valence-corrected chi connectivity index (χ2v) is 6.26. The lowest BCUT2D eigenvalue weighted by Gasteiger charge is -2.14. The van der Waals surface area contributed by atoms with E-state index in [1.165, 1.54) is 0 Å². The van der Waals surface area contributed by atoms with Crippen molar-refractivity contribution in [1.29, 1.82) is 0 Å². The van der Waals surface area contributed by atoms with E-state index >= 15 is 0 Å². The molecule has 0 atom stereocenters. The topological polar surface area (TPSA) is 82.8 Å². The van der Waals surface area contributed by atoms with Crippen LogP contribution in [0.5, 0.6) is 17.2 Å². The lowest BCUT2D eigenvalue weighted by atomic mass is 10.1. The molecule has 0 aliphatic carbocycles. The van der Waals surface area contributed by atoms with Crippen molar-refractivity contribution in [3.63, 3.8) is 0 Å². The van der Waals surface area contributed by atoms with E-state index in [9.17, 15) is 0 Å². The Labute approximate surface area is 168 Å². The zero-order chi connectivity index (χ0) is 20.2. The minimum atomic E-state index is 0.534. The van der Waals surface area contributed by atoms with Gasteiger partial charge in [-0.25, -0.2) is 9.50 Å². The van der Waals surface area contributed by atoms with E-state index < -0.39 is 0 Å². The molecule has 1 N–H and O–H groups in total. The van der Waals surface area contributed by atoms with Gasteiger partial charge in [0.05, 0.1) is 33.2 Å². The van der Waals surface area contributed by atoms with Crippen molar-refractivity contribution in [2.75, 3.05) is 26.6 Å². The van der Waals surface area contributed by atoms with Crippen LogP contribution in [0.1, 0.15) is 5.56 Å². The zero-order valence-corrected chi connectivity index (χ0v) is 16.4. The van der Waals surface area contributed by atoms with Gasteiger partial charge in [-0.15, -0.1) is 5.10 Å². The lowest BCUT2D eigenvalue weighted by Crippen LogP contribution is -2.05. The number of hydrogen-bond donors (Lipinski definition) is 1. The highest BCUT2D eigenvalue weighted by atomic mass is 16.5. The average molecular weight is 391 g/mol. The summed E-state index contributed by atoms with van der Waals surface area (Å²) in [5.74, 6) is 2.51. The van der Waals surface area contributed by atoms with Gasteiger partial charge in [0.2, 0.25) is 5.75 Å². The molecule has 0 bridgehead atoms. The predicted octanol–water partition coefficient (Wildman–Crippen LogP) is 3.43. The molecule has 8 nitrogen and oxygen atoms in total. The second kappa shape index (κ2) is 8.05. The van der Waals surface area contributed by atoms with Crippen molar-refractivity contribution in [2.24, 2.45) is 0 Å². The van der Waals surface area contributed by atoms with E-state index in [0.717, 1.165) is 28.3 Å². The molecule has 0 saturated heterocycles. The molecule has 148 valence electrons. The molecule has 4 aromatic rings. The van der Waals surface area contributed by atoms with E-state index in [-0.39, 0.29) is 0 Å². The molecule has 4 rings (SSSR count). The quantitative estimate of drug-likeness (QED) is 0.517. The Morgan fingerprint density at radius 1 is 0.966 bits per heavy atom. The van der Waals surface area contributed by atoms with Gasteiger partial charge in [0.25, 0.3) is 0 Å². The summed E-state index contributed by atoms with van der Waals surface area (Å²) < 4.78 is 18.0. The van der Waals surface area contributed by atoms with Crippen molar-refractivity contribution in [1.82, 2.24) is 19.6 Å². The van der Waals surface area contributed by atoms with Gasteiger partial charge < -0.3 is 19.5 Å². The molecule has 1 aromatic carbocycles. The van der Waals surface area contributed by atoms with Crippen molar-refractivity contribution in [2.45, 2.75) is 6.54 Å². The van der Waals surface area contributed by atoms with Crippen molar-refractivity contribution in [3.05, 3.63) is 60.6 Å². The number of rotatable bonds is 7. The third kappa shape index (κ3) is 3.64. The zero-order valence-electron chi connectivity index (χ0n) is 16.4. The van der Waals surface area contributed by atoms with Crippen LogP contribution in [0.3, 0.4) is 0 Å². The van der Waals surface area contributed by atoms with E-state index in [1.807, 2.05) is 36.4 Å². The molecular weight excluding hydrogens is 370 g/mol. The number of aromatic nitrogens is 4. The number of fused-ring (bicyclic) bond motifs is 1. The van der Waals surface area contributed by atoms with Crippen molar-refractivity contribution < 1.29 is 14.2 Å². The highest BCUT2D eigenvalue weighted by Gasteiger charge is 2.13. The first-order valence-electron chi connectivity index (χ1n) is 9.01. The van der Waals surface area contributed by atoms with E-state index in [4.69, 9.17) is 14.2 Å². The number of anilines is 1. The summed E-state index contributed by atoms with van der Waals surface area (Å²) in [5.41, 5.74) is 3.57. The Kier molecular flexibility index (Phi) is 5.15.